The Morgan fingerprint density at radius 3 is 0.800 bits per heavy atom. The Balaban J connectivity index is -0.0000000300. The summed E-state index contributed by atoms with van der Waals surface area (Å²) in [4.78, 5) is 0. The topological polar surface area (TPSA) is 114 Å². The third kappa shape index (κ3) is 112. The average molecular weight is 520 g/mol. The van der Waals surface area contributed by atoms with E-state index in [4.69, 9.17) is 20.2 Å². The van der Waals surface area contributed by atoms with Gasteiger partial charge in [0.15, 0.2) is 0 Å². The minimum atomic E-state index is -4.34. The average Bonchev–Trinajstić information content (AvgIpc) is 1.25. The van der Waals surface area contributed by atoms with Crippen molar-refractivity contribution in [3.63, 3.8) is 0 Å². The molecule has 0 atom stereocenters. The van der Waals surface area contributed by atoms with Crippen molar-refractivity contribution >= 4 is 0 Å². The first kappa shape index (κ1) is 23.2. The molecule has 10 heavy (non-hydrogen) atoms. The monoisotopic (exact) mass is 520 g/mol. The van der Waals surface area contributed by atoms with Crippen LogP contribution >= 0.6 is 0 Å². The van der Waals surface area contributed by atoms with Crippen molar-refractivity contribution in [2.75, 3.05) is 0 Å². The molecule has 0 fully saturated rings. The molecule has 0 radical (unpaired) electrons. The van der Waals surface area contributed by atoms with Gasteiger partial charge >= 0.3 is 139 Å². The minimum absolute atomic E-state index is 0. The summed E-state index contributed by atoms with van der Waals surface area (Å²) >= 11 is -8.69. The van der Waals surface area contributed by atoms with Crippen LogP contribution in [0.15, 0.2) is 0 Å². The molecule has 0 N–H and O–H groups in total. The Hall–Kier alpha value is 3.24. The van der Waals surface area contributed by atoms with Crippen LogP contribution in [0.25, 0.3) is 0 Å². The van der Waals surface area contributed by atoms with E-state index >= 15 is 0 Å². The third-order valence-corrected chi connectivity index (χ3v) is 0. The molecule has 0 saturated heterocycles. The SMILES string of the molecule is [K+].[Na+].[O]=[Ta](=[O])[O-].[O]=[Ta](=[O])[O-]. The van der Waals surface area contributed by atoms with Gasteiger partial charge in [-0.05, 0) is 0 Å². The first-order chi connectivity index (χ1) is 3.46. The van der Waals surface area contributed by atoms with Gasteiger partial charge in [-0.1, -0.05) is 0 Å². The molecule has 10 heteroatoms. The number of hydrogen-bond donors (Lipinski definition) is 0. The molecule has 48 valence electrons. The van der Waals surface area contributed by atoms with Gasteiger partial charge in [0.1, 0.15) is 0 Å². The molecule has 0 bridgehead atoms. The van der Waals surface area contributed by atoms with Crippen LogP contribution < -0.4 is 88.2 Å². The van der Waals surface area contributed by atoms with Crippen LogP contribution in [0.4, 0.5) is 0 Å². The van der Waals surface area contributed by atoms with Crippen molar-refractivity contribution in [2.45, 2.75) is 0 Å². The molecule has 0 aromatic carbocycles. The van der Waals surface area contributed by atoms with Gasteiger partial charge in [0.25, 0.3) is 0 Å². The van der Waals surface area contributed by atoms with Crippen molar-refractivity contribution < 1.29 is 139 Å². The van der Waals surface area contributed by atoms with Crippen molar-refractivity contribution in [3.8, 4) is 0 Å². The standard InChI is InChI=1S/K.Na.6O.2Ta/q2*+1;;;;;2*-1;;. The van der Waals surface area contributed by atoms with Crippen LogP contribution in [-0.2, 0) is 50.6 Å². The van der Waals surface area contributed by atoms with E-state index < -0.39 is 37.6 Å². The van der Waals surface area contributed by atoms with E-state index in [2.05, 4.69) is 0 Å². The number of rotatable bonds is 0. The van der Waals surface area contributed by atoms with Crippen molar-refractivity contribution in [2.24, 2.45) is 0 Å². The predicted molar refractivity (Wildman–Crippen MR) is 2.75 cm³/mol. The van der Waals surface area contributed by atoms with Crippen molar-refractivity contribution in [3.05, 3.63) is 0 Å². The van der Waals surface area contributed by atoms with Gasteiger partial charge < -0.3 is 0 Å². The molecular weight excluding hydrogens is 520 g/mol. The molecule has 0 saturated carbocycles. The summed E-state index contributed by atoms with van der Waals surface area (Å²) in [6.07, 6.45) is 0. The van der Waals surface area contributed by atoms with Crippen molar-refractivity contribution in [1.29, 1.82) is 0 Å². The second-order valence-corrected chi connectivity index (χ2v) is 3.66. The van der Waals surface area contributed by atoms with Crippen LogP contribution in [0.5, 0.6) is 0 Å². The van der Waals surface area contributed by atoms with E-state index in [-0.39, 0.29) is 80.9 Å². The van der Waals surface area contributed by atoms with E-state index in [0.717, 1.165) is 0 Å². The van der Waals surface area contributed by atoms with Crippen LogP contribution in [-0.4, -0.2) is 0 Å². The zero-order valence-electron chi connectivity index (χ0n) is 5.34. The van der Waals surface area contributed by atoms with Gasteiger partial charge in [0.05, 0.1) is 0 Å². The Bertz CT molecular complexity index is 133. The Labute approximate surface area is 135 Å². The van der Waals surface area contributed by atoms with Gasteiger partial charge in [0, 0.05) is 0 Å². The molecule has 0 aliphatic heterocycles. The fourth-order valence-corrected chi connectivity index (χ4v) is 0. The van der Waals surface area contributed by atoms with Gasteiger partial charge in [-0.2, -0.15) is 0 Å². The van der Waals surface area contributed by atoms with E-state index in [9.17, 15) is 0 Å². The predicted octanol–water partition coefficient (Wildman–Crippen LogP) is -8.85. The summed E-state index contributed by atoms with van der Waals surface area (Å²) in [6, 6.07) is 0. The first-order valence-electron chi connectivity index (χ1n) is 1.10. The van der Waals surface area contributed by atoms with Crippen LogP contribution in [0.1, 0.15) is 0 Å². The van der Waals surface area contributed by atoms with Gasteiger partial charge in [-0.15, -0.1) is 0 Å². The van der Waals surface area contributed by atoms with Crippen LogP contribution in [0, 0.1) is 0 Å². The molecule has 0 rings (SSSR count). The van der Waals surface area contributed by atoms with E-state index in [1.165, 1.54) is 0 Å². The molecule has 0 aromatic rings. The molecular formula is KNaO6Ta2. The molecule has 0 unspecified atom stereocenters. The first-order valence-corrected chi connectivity index (χ1v) is 8.97. The van der Waals surface area contributed by atoms with Gasteiger partial charge in [-0.3, -0.25) is 0 Å². The van der Waals surface area contributed by atoms with Crippen molar-refractivity contribution in [1.82, 2.24) is 0 Å². The van der Waals surface area contributed by atoms with E-state index in [1.807, 2.05) is 0 Å². The molecule has 6 nitrogen and oxygen atoms in total. The normalized spacial score (nSPS) is 5.00. The van der Waals surface area contributed by atoms with E-state index in [0.29, 0.717) is 0 Å². The van der Waals surface area contributed by atoms with E-state index in [1.54, 1.807) is 0 Å². The second kappa shape index (κ2) is 18.1. The summed E-state index contributed by atoms with van der Waals surface area (Å²) in [5.74, 6) is 0. The summed E-state index contributed by atoms with van der Waals surface area (Å²) in [6.45, 7) is 0. The third-order valence-electron chi connectivity index (χ3n) is 0. The maximum absolute atomic E-state index is 8.62. The molecule has 0 spiro atoms. The molecule has 0 aromatic heterocycles. The fraction of sp³-hybridized carbons (Fsp3) is 0. The summed E-state index contributed by atoms with van der Waals surface area (Å²) < 4.78 is 51.7. The van der Waals surface area contributed by atoms with Gasteiger partial charge in [-0.25, -0.2) is 0 Å². The zero-order chi connectivity index (χ0) is 7.15. The quantitative estimate of drug-likeness (QED) is 0.294. The Morgan fingerprint density at radius 1 is 0.800 bits per heavy atom. The zero-order valence-corrected chi connectivity index (χ0v) is 16.9. The second-order valence-electron chi connectivity index (χ2n) is 0.447. The summed E-state index contributed by atoms with van der Waals surface area (Å²) in [5, 5.41) is 0. The Kier molecular flexibility index (Phi) is 42.1. The van der Waals surface area contributed by atoms with Gasteiger partial charge in [0.2, 0.25) is 0 Å². The summed E-state index contributed by atoms with van der Waals surface area (Å²) in [7, 11) is 0. The molecule has 0 aliphatic carbocycles. The van der Waals surface area contributed by atoms with Crippen LogP contribution in [0.3, 0.4) is 0 Å². The molecule has 0 aliphatic rings. The Morgan fingerprint density at radius 2 is 0.800 bits per heavy atom. The number of hydrogen-bond acceptors (Lipinski definition) is 6. The maximum atomic E-state index is 8.62. The fourth-order valence-electron chi connectivity index (χ4n) is 0. The van der Waals surface area contributed by atoms with Crippen LogP contribution in [0.2, 0.25) is 0 Å². The summed E-state index contributed by atoms with van der Waals surface area (Å²) in [5.41, 5.74) is 0. The molecule has 0 heterocycles. The molecule has 0 amide bonds.